The Bertz CT molecular complexity index is 2800. The number of sulfonamides is 1. The number of nitrogens with zero attached hydrogens (tertiary/aromatic N) is 5. The Morgan fingerprint density at radius 1 is 1.02 bits per heavy atom. The molecule has 3 N–H and O–H groups in total. The van der Waals surface area contributed by atoms with E-state index in [-0.39, 0.29) is 41.2 Å². The Balaban J connectivity index is 0.935. The summed E-state index contributed by atoms with van der Waals surface area (Å²) in [6, 6.07) is 18.5. The van der Waals surface area contributed by atoms with Gasteiger partial charge in [-0.3, -0.25) is 24.6 Å². The summed E-state index contributed by atoms with van der Waals surface area (Å²) in [4.78, 5) is 52.1. The van der Waals surface area contributed by atoms with Gasteiger partial charge in [0.05, 0.1) is 34.8 Å². The zero-order valence-corrected chi connectivity index (χ0v) is 37.8. The van der Waals surface area contributed by atoms with Crippen molar-refractivity contribution in [2.24, 2.45) is 5.41 Å². The van der Waals surface area contributed by atoms with Gasteiger partial charge in [-0.15, -0.1) is 0 Å². The molecule has 4 aliphatic rings. The van der Waals surface area contributed by atoms with Gasteiger partial charge >= 0.3 is 0 Å². The number of H-pyrrole nitrogens is 1. The van der Waals surface area contributed by atoms with E-state index in [0.717, 1.165) is 61.1 Å². The van der Waals surface area contributed by atoms with Crippen LogP contribution in [-0.4, -0.2) is 110 Å². The van der Waals surface area contributed by atoms with Crippen molar-refractivity contribution >= 4 is 67.1 Å². The van der Waals surface area contributed by atoms with E-state index < -0.39 is 37.5 Å². The molecule has 340 valence electrons. The smallest absolute Gasteiger partial charge is 0.293 e. The molecule has 9 rings (SSSR count). The maximum absolute atomic E-state index is 14.1. The zero-order chi connectivity index (χ0) is 45.5. The molecule has 0 unspecified atom stereocenters. The molecule has 2 amide bonds. The van der Waals surface area contributed by atoms with Crippen molar-refractivity contribution in [2.45, 2.75) is 56.9 Å². The molecule has 18 heteroatoms. The van der Waals surface area contributed by atoms with Crippen molar-refractivity contribution in [3.63, 3.8) is 0 Å². The Morgan fingerprint density at radius 3 is 2.54 bits per heavy atom. The third-order valence-corrected chi connectivity index (χ3v) is 14.4. The number of halogens is 1. The normalized spacial score (nSPS) is 18.9. The standard InChI is InChI=1S/C47H51ClN8O8S/c1-47(2)11-9-32(40(27-47)30-3-5-34(48)6-4-30)29-53-13-15-54(16-14-53)36-7-8-39(42(25-36)64-37-22-31-10-12-49-45(31)50-28-37)46(58)52-65(61,62)38-23-33-21-35(51-44(33)41(26-38)56(59)60)24-43(57)55-17-19-63-20-18-55/h3-8,10,12,22-23,25-26,28,35,51H,9,11,13-21,24,27,29H2,1-2H3,(H,49,50)(H,52,58)/t35-/m1/s1. The van der Waals surface area contributed by atoms with Crippen molar-refractivity contribution in [2.75, 3.05) is 69.2 Å². The van der Waals surface area contributed by atoms with E-state index >= 15 is 0 Å². The van der Waals surface area contributed by atoms with Gasteiger partial charge in [0.15, 0.2) is 0 Å². The fraction of sp³-hybridized carbons (Fsp3) is 0.383. The lowest BCUT2D eigenvalue weighted by molar-refractivity contribution is -0.384. The number of hydrogen-bond donors (Lipinski definition) is 3. The number of nitro benzene ring substituents is 1. The Morgan fingerprint density at radius 2 is 1.78 bits per heavy atom. The number of nitro groups is 1. The monoisotopic (exact) mass is 922 g/mol. The van der Waals surface area contributed by atoms with E-state index in [1.54, 1.807) is 29.3 Å². The minimum Gasteiger partial charge on any atom is -0.455 e. The summed E-state index contributed by atoms with van der Waals surface area (Å²) in [5.41, 5.74) is 5.70. The number of morpholine rings is 1. The first-order chi connectivity index (χ1) is 31.2. The molecule has 0 spiro atoms. The molecule has 5 heterocycles. The van der Waals surface area contributed by atoms with Crippen molar-refractivity contribution < 1.29 is 32.4 Å². The summed E-state index contributed by atoms with van der Waals surface area (Å²) in [6.45, 7) is 10.3. The second-order valence-electron chi connectivity index (χ2n) is 18.0. The molecule has 3 aliphatic heterocycles. The lowest BCUT2D eigenvalue weighted by Crippen LogP contribution is -2.47. The Hall–Kier alpha value is -6.01. The van der Waals surface area contributed by atoms with Gasteiger partial charge in [0.1, 0.15) is 22.8 Å². The zero-order valence-electron chi connectivity index (χ0n) is 36.3. The fourth-order valence-corrected chi connectivity index (χ4v) is 10.5. The predicted octanol–water partition coefficient (Wildman–Crippen LogP) is 7.41. The van der Waals surface area contributed by atoms with E-state index in [1.165, 1.54) is 35.0 Å². The first-order valence-electron chi connectivity index (χ1n) is 21.9. The van der Waals surface area contributed by atoms with Crippen LogP contribution < -0.4 is 19.7 Å². The molecule has 0 bridgehead atoms. The number of allylic oxidation sites excluding steroid dienone is 1. The van der Waals surface area contributed by atoms with Crippen molar-refractivity contribution in [1.29, 1.82) is 0 Å². The van der Waals surface area contributed by atoms with E-state index in [2.05, 4.69) is 55.8 Å². The quantitative estimate of drug-likeness (QED) is 0.0831. The molecular formula is C47H51ClN8O8S. The molecule has 5 aromatic rings. The number of benzene rings is 3. The van der Waals surface area contributed by atoms with Gasteiger partial charge in [-0.1, -0.05) is 43.2 Å². The number of pyridine rings is 1. The first-order valence-corrected chi connectivity index (χ1v) is 23.7. The molecule has 2 aromatic heterocycles. The average molecular weight is 923 g/mol. The number of rotatable bonds is 12. The summed E-state index contributed by atoms with van der Waals surface area (Å²) < 4.78 is 41.7. The van der Waals surface area contributed by atoms with Gasteiger partial charge in [0.2, 0.25) is 5.91 Å². The Kier molecular flexibility index (Phi) is 12.3. The van der Waals surface area contributed by atoms with Crippen LogP contribution in [0, 0.1) is 15.5 Å². The number of fused-ring (bicyclic) bond motifs is 2. The number of piperazine rings is 1. The van der Waals surface area contributed by atoms with Crippen LogP contribution in [0.2, 0.25) is 5.02 Å². The van der Waals surface area contributed by atoms with E-state index in [4.69, 9.17) is 21.1 Å². The number of hydrogen-bond acceptors (Lipinski definition) is 12. The van der Waals surface area contributed by atoms with Crippen LogP contribution in [0.5, 0.6) is 11.5 Å². The molecule has 1 atom stereocenters. The SMILES string of the molecule is CC1(C)CCC(CN2CCN(c3ccc(C(=O)NS(=O)(=O)c4cc5c(c([N+](=O)[O-])c4)N[C@@H](CC(=O)N4CCOCC4)C5)c(Oc4cnc5[nH]ccc5c4)c3)CC2)=C(c2ccc(Cl)cc2)C1. The van der Waals surface area contributed by atoms with Crippen LogP contribution in [0.3, 0.4) is 0 Å². The van der Waals surface area contributed by atoms with Gasteiger partial charge in [-0.2, -0.15) is 0 Å². The topological polar surface area (TPSA) is 192 Å². The third kappa shape index (κ3) is 9.83. The highest BCUT2D eigenvalue weighted by molar-refractivity contribution is 7.90. The number of carbonyl (C=O) groups is 2. The van der Waals surface area contributed by atoms with E-state index in [1.807, 2.05) is 18.2 Å². The van der Waals surface area contributed by atoms with Gasteiger partial charge in [0.25, 0.3) is 21.6 Å². The predicted molar refractivity (Wildman–Crippen MR) is 248 cm³/mol. The van der Waals surface area contributed by atoms with Gasteiger partial charge in [-0.25, -0.2) is 18.1 Å². The largest absolute Gasteiger partial charge is 0.455 e. The highest BCUT2D eigenvalue weighted by atomic mass is 35.5. The maximum Gasteiger partial charge on any atom is 0.293 e. The van der Waals surface area contributed by atoms with E-state index in [9.17, 15) is 28.1 Å². The van der Waals surface area contributed by atoms with Crippen molar-refractivity contribution in [3.8, 4) is 11.5 Å². The van der Waals surface area contributed by atoms with Crippen molar-refractivity contribution in [1.82, 2.24) is 24.5 Å². The molecule has 2 saturated heterocycles. The summed E-state index contributed by atoms with van der Waals surface area (Å²) in [6.07, 6.45) is 6.67. The first kappa shape index (κ1) is 44.2. The third-order valence-electron chi connectivity index (χ3n) is 12.8. The average Bonchev–Trinajstić information content (AvgIpc) is 3.93. The highest BCUT2D eigenvalue weighted by Crippen LogP contribution is 2.44. The number of aromatic amines is 1. The molecule has 65 heavy (non-hydrogen) atoms. The lowest BCUT2D eigenvalue weighted by atomic mass is 9.72. The maximum atomic E-state index is 14.1. The Labute approximate surface area is 382 Å². The minimum atomic E-state index is -4.65. The van der Waals surface area contributed by atoms with Gasteiger partial charge in [0, 0.05) is 92.7 Å². The van der Waals surface area contributed by atoms with Crippen LogP contribution in [0.25, 0.3) is 16.6 Å². The van der Waals surface area contributed by atoms with Crippen molar-refractivity contribution in [3.05, 3.63) is 117 Å². The number of aromatic nitrogens is 2. The number of anilines is 2. The van der Waals surface area contributed by atoms with Crippen LogP contribution in [0.15, 0.2) is 89.6 Å². The molecule has 16 nitrogen and oxygen atoms in total. The molecule has 0 radical (unpaired) electrons. The number of ether oxygens (including phenoxy) is 2. The molecular weight excluding hydrogens is 872 g/mol. The summed E-state index contributed by atoms with van der Waals surface area (Å²) in [7, 11) is -4.65. The van der Waals surface area contributed by atoms with Crippen LogP contribution >= 0.6 is 11.6 Å². The summed E-state index contributed by atoms with van der Waals surface area (Å²) in [5.74, 6) is -0.672. The number of amides is 2. The van der Waals surface area contributed by atoms with Gasteiger partial charge in [-0.05, 0) is 90.3 Å². The second-order valence-corrected chi connectivity index (χ2v) is 20.1. The molecule has 1 aliphatic carbocycles. The number of carbonyl (C=O) groups excluding carboxylic acids is 2. The minimum absolute atomic E-state index is 0.0639. The molecule has 2 fully saturated rings. The second kappa shape index (κ2) is 18.1. The fourth-order valence-electron chi connectivity index (χ4n) is 9.30. The van der Waals surface area contributed by atoms with Crippen LogP contribution in [0.4, 0.5) is 17.1 Å². The van der Waals surface area contributed by atoms with Crippen LogP contribution in [-0.2, 0) is 26.0 Å². The summed E-state index contributed by atoms with van der Waals surface area (Å²) in [5, 5.41) is 16.8. The van der Waals surface area contributed by atoms with Crippen LogP contribution in [0.1, 0.15) is 61.0 Å². The molecule has 3 aromatic carbocycles. The highest BCUT2D eigenvalue weighted by Gasteiger charge is 2.35. The molecule has 0 saturated carbocycles. The van der Waals surface area contributed by atoms with Gasteiger partial charge < -0.3 is 29.6 Å². The summed E-state index contributed by atoms with van der Waals surface area (Å²) >= 11 is 6.25. The lowest BCUT2D eigenvalue weighted by Gasteiger charge is -2.39. The number of nitrogens with one attached hydrogen (secondary N) is 3. The van der Waals surface area contributed by atoms with E-state index in [0.29, 0.717) is 56.4 Å².